The number of ether oxygens (including phenoxy) is 1. The van der Waals surface area contributed by atoms with Gasteiger partial charge in [0, 0.05) is 18.7 Å². The monoisotopic (exact) mass is 282 g/mol. The largest absolute Gasteiger partial charge is 0.496 e. The molecule has 0 radical (unpaired) electrons. The van der Waals surface area contributed by atoms with Crippen LogP contribution in [0, 0.1) is 10.1 Å². The second kappa shape index (κ2) is 6.85. The van der Waals surface area contributed by atoms with Crippen LogP contribution in [0.5, 0.6) is 5.75 Å². The van der Waals surface area contributed by atoms with E-state index in [0.29, 0.717) is 0 Å². The van der Waals surface area contributed by atoms with Crippen LogP contribution < -0.4 is 4.74 Å². The smallest absolute Gasteiger partial charge is 0.285 e. The Bertz CT molecular complexity index is 502. The third-order valence-electron chi connectivity index (χ3n) is 2.86. The molecule has 0 spiro atoms. The predicted molar refractivity (Wildman–Crippen MR) is 72.9 cm³/mol. The van der Waals surface area contributed by atoms with Gasteiger partial charge in [0.2, 0.25) is 0 Å². The van der Waals surface area contributed by atoms with Crippen molar-refractivity contribution in [1.82, 2.24) is 4.90 Å². The van der Waals surface area contributed by atoms with Gasteiger partial charge in [-0.3, -0.25) is 14.9 Å². The molecule has 0 heterocycles. The molecule has 0 atom stereocenters. The molecule has 0 aliphatic rings. The standard InChI is InChI=1S/C13H18N2O5/c1-9(2)14(7-8-16)13(17)12-10(15(18)19)5-4-6-11(12)20-3/h4-6,9,16H,7-8H2,1-3H3. The van der Waals surface area contributed by atoms with Crippen LogP contribution in [0.4, 0.5) is 5.69 Å². The molecule has 0 unspecified atom stereocenters. The number of nitro benzene ring substituents is 1. The number of nitrogens with zero attached hydrogens (tertiary/aromatic N) is 2. The summed E-state index contributed by atoms with van der Waals surface area (Å²) in [5.74, 6) is -0.383. The van der Waals surface area contributed by atoms with Crippen LogP contribution in [0.3, 0.4) is 0 Å². The van der Waals surface area contributed by atoms with E-state index in [-0.39, 0.29) is 36.2 Å². The van der Waals surface area contributed by atoms with Gasteiger partial charge >= 0.3 is 0 Å². The van der Waals surface area contributed by atoms with E-state index in [1.165, 1.54) is 30.2 Å². The average molecular weight is 282 g/mol. The molecule has 110 valence electrons. The van der Waals surface area contributed by atoms with Gasteiger partial charge in [-0.2, -0.15) is 0 Å². The Morgan fingerprint density at radius 1 is 1.50 bits per heavy atom. The molecule has 1 aromatic carbocycles. The molecule has 7 heteroatoms. The fraction of sp³-hybridized carbons (Fsp3) is 0.462. The number of hydrogen-bond acceptors (Lipinski definition) is 5. The maximum atomic E-state index is 12.5. The molecule has 1 aromatic rings. The van der Waals surface area contributed by atoms with Gasteiger partial charge in [0.15, 0.2) is 5.56 Å². The summed E-state index contributed by atoms with van der Waals surface area (Å²) in [4.78, 5) is 24.3. The molecule has 0 fully saturated rings. The molecule has 20 heavy (non-hydrogen) atoms. The number of carbonyl (C=O) groups is 1. The van der Waals surface area contributed by atoms with Gasteiger partial charge in [-0.25, -0.2) is 0 Å². The maximum absolute atomic E-state index is 12.5. The summed E-state index contributed by atoms with van der Waals surface area (Å²) in [6, 6.07) is 4.02. The van der Waals surface area contributed by atoms with E-state index < -0.39 is 10.8 Å². The molecule has 1 rings (SSSR count). The molecule has 0 saturated carbocycles. The van der Waals surface area contributed by atoms with Crippen LogP contribution in [0.1, 0.15) is 24.2 Å². The maximum Gasteiger partial charge on any atom is 0.285 e. The van der Waals surface area contributed by atoms with Crippen LogP contribution in [0.15, 0.2) is 18.2 Å². The number of aliphatic hydroxyl groups excluding tert-OH is 1. The van der Waals surface area contributed by atoms with Crippen LogP contribution in [0.2, 0.25) is 0 Å². The first-order chi connectivity index (χ1) is 9.43. The normalized spacial score (nSPS) is 10.4. The Morgan fingerprint density at radius 3 is 2.60 bits per heavy atom. The summed E-state index contributed by atoms with van der Waals surface area (Å²) in [5.41, 5.74) is -0.403. The molecule has 1 N–H and O–H groups in total. The third-order valence-corrected chi connectivity index (χ3v) is 2.86. The van der Waals surface area contributed by atoms with Crippen molar-refractivity contribution in [3.8, 4) is 5.75 Å². The van der Waals surface area contributed by atoms with E-state index in [0.717, 1.165) is 0 Å². The molecule has 0 bridgehead atoms. The van der Waals surface area contributed by atoms with Gasteiger partial charge in [-0.1, -0.05) is 6.07 Å². The van der Waals surface area contributed by atoms with E-state index >= 15 is 0 Å². The first-order valence-corrected chi connectivity index (χ1v) is 6.17. The van der Waals surface area contributed by atoms with Gasteiger partial charge in [0.25, 0.3) is 11.6 Å². The highest BCUT2D eigenvalue weighted by molar-refractivity contribution is 6.01. The average Bonchev–Trinajstić information content (AvgIpc) is 2.42. The minimum Gasteiger partial charge on any atom is -0.496 e. The Hall–Kier alpha value is -2.15. The summed E-state index contributed by atoms with van der Waals surface area (Å²) < 4.78 is 5.05. The van der Waals surface area contributed by atoms with Crippen molar-refractivity contribution in [2.75, 3.05) is 20.3 Å². The lowest BCUT2D eigenvalue weighted by Gasteiger charge is -2.26. The number of hydrogen-bond donors (Lipinski definition) is 1. The predicted octanol–water partition coefficient (Wildman–Crippen LogP) is 1.45. The van der Waals surface area contributed by atoms with Crippen LogP contribution in [-0.2, 0) is 0 Å². The molecule has 7 nitrogen and oxygen atoms in total. The van der Waals surface area contributed by atoms with Crippen LogP contribution in [0.25, 0.3) is 0 Å². The van der Waals surface area contributed by atoms with Crippen LogP contribution >= 0.6 is 0 Å². The number of nitro groups is 1. The van der Waals surface area contributed by atoms with Crippen molar-refractivity contribution in [3.63, 3.8) is 0 Å². The topological polar surface area (TPSA) is 92.9 Å². The highest BCUT2D eigenvalue weighted by Gasteiger charge is 2.29. The first-order valence-electron chi connectivity index (χ1n) is 6.17. The van der Waals surface area contributed by atoms with Crippen molar-refractivity contribution in [2.24, 2.45) is 0 Å². The van der Waals surface area contributed by atoms with E-state index in [1.54, 1.807) is 13.8 Å². The third kappa shape index (κ3) is 3.24. The summed E-state index contributed by atoms with van der Waals surface area (Å²) in [6.07, 6.45) is 0. The van der Waals surface area contributed by atoms with Crippen molar-refractivity contribution < 1.29 is 19.6 Å². The number of benzene rings is 1. The zero-order valence-electron chi connectivity index (χ0n) is 11.7. The number of methoxy groups -OCH3 is 1. The van der Waals surface area contributed by atoms with E-state index in [9.17, 15) is 14.9 Å². The Labute approximate surface area is 116 Å². The molecular formula is C13H18N2O5. The number of rotatable bonds is 6. The van der Waals surface area contributed by atoms with Crippen molar-refractivity contribution in [1.29, 1.82) is 0 Å². The van der Waals surface area contributed by atoms with Gasteiger partial charge < -0.3 is 14.7 Å². The second-order valence-electron chi connectivity index (χ2n) is 4.43. The van der Waals surface area contributed by atoms with Crippen molar-refractivity contribution in [2.45, 2.75) is 19.9 Å². The van der Waals surface area contributed by atoms with Gasteiger partial charge in [-0.05, 0) is 19.9 Å². The van der Waals surface area contributed by atoms with Crippen molar-refractivity contribution >= 4 is 11.6 Å². The fourth-order valence-electron chi connectivity index (χ4n) is 1.90. The molecule has 0 aliphatic carbocycles. The lowest BCUT2D eigenvalue weighted by Crippen LogP contribution is -2.39. The molecule has 0 aliphatic heterocycles. The van der Waals surface area contributed by atoms with Crippen molar-refractivity contribution in [3.05, 3.63) is 33.9 Å². The molecule has 1 amide bonds. The molecular weight excluding hydrogens is 264 g/mol. The Kier molecular flexibility index (Phi) is 5.45. The Balaban J connectivity index is 3.35. The Morgan fingerprint density at radius 2 is 2.15 bits per heavy atom. The lowest BCUT2D eigenvalue weighted by atomic mass is 10.1. The molecule has 0 saturated heterocycles. The minimum absolute atomic E-state index is 0.0952. The van der Waals surface area contributed by atoms with E-state index in [4.69, 9.17) is 9.84 Å². The lowest BCUT2D eigenvalue weighted by molar-refractivity contribution is -0.385. The summed E-state index contributed by atoms with van der Waals surface area (Å²) in [7, 11) is 1.35. The van der Waals surface area contributed by atoms with E-state index in [1.807, 2.05) is 0 Å². The zero-order chi connectivity index (χ0) is 15.3. The first kappa shape index (κ1) is 15.9. The quantitative estimate of drug-likeness (QED) is 0.629. The number of aliphatic hydroxyl groups is 1. The summed E-state index contributed by atoms with van der Waals surface area (Å²) in [6.45, 7) is 3.43. The number of amides is 1. The SMILES string of the molecule is COc1cccc([N+](=O)[O-])c1C(=O)N(CCO)C(C)C. The zero-order valence-corrected chi connectivity index (χ0v) is 11.7. The molecule has 0 aromatic heterocycles. The second-order valence-corrected chi connectivity index (χ2v) is 4.43. The summed E-state index contributed by atoms with van der Waals surface area (Å²) in [5, 5.41) is 20.1. The van der Waals surface area contributed by atoms with Gasteiger partial charge in [-0.15, -0.1) is 0 Å². The minimum atomic E-state index is -0.618. The fourth-order valence-corrected chi connectivity index (χ4v) is 1.90. The highest BCUT2D eigenvalue weighted by Crippen LogP contribution is 2.29. The summed E-state index contributed by atoms with van der Waals surface area (Å²) >= 11 is 0. The van der Waals surface area contributed by atoms with Gasteiger partial charge in [0.1, 0.15) is 5.75 Å². The number of carbonyl (C=O) groups excluding carboxylic acids is 1. The van der Waals surface area contributed by atoms with Crippen LogP contribution in [-0.4, -0.2) is 47.1 Å². The highest BCUT2D eigenvalue weighted by atomic mass is 16.6. The van der Waals surface area contributed by atoms with Gasteiger partial charge in [0.05, 0.1) is 18.6 Å². The van der Waals surface area contributed by atoms with E-state index in [2.05, 4.69) is 0 Å².